The molecule has 17 heavy (non-hydrogen) atoms. The molecule has 1 unspecified atom stereocenters. The number of rotatable bonds is 2. The molecule has 2 aliphatic heterocycles. The van der Waals surface area contributed by atoms with Crippen LogP contribution in [-0.2, 0) is 11.2 Å². The molecule has 4 nitrogen and oxygen atoms in total. The van der Waals surface area contributed by atoms with Gasteiger partial charge in [0.25, 0.3) is 0 Å². The molecule has 0 spiro atoms. The maximum absolute atomic E-state index is 5.47. The Morgan fingerprint density at radius 1 is 1.29 bits per heavy atom. The van der Waals surface area contributed by atoms with E-state index in [1.165, 1.54) is 11.1 Å². The van der Waals surface area contributed by atoms with Crippen LogP contribution in [0.5, 0.6) is 11.5 Å². The maximum Gasteiger partial charge on any atom is 0.231 e. The normalized spacial score (nSPS) is 22.8. The van der Waals surface area contributed by atoms with Crippen molar-refractivity contribution >= 4 is 0 Å². The fourth-order valence-corrected chi connectivity index (χ4v) is 2.32. The van der Waals surface area contributed by atoms with E-state index in [1.807, 2.05) is 0 Å². The molecule has 2 aliphatic rings. The summed E-state index contributed by atoms with van der Waals surface area (Å²) in [5.74, 6) is 1.72. The second-order valence-corrected chi connectivity index (χ2v) is 4.56. The van der Waals surface area contributed by atoms with E-state index in [-0.39, 0.29) is 0 Å². The summed E-state index contributed by atoms with van der Waals surface area (Å²) in [6.45, 7) is 4.99. The summed E-state index contributed by atoms with van der Waals surface area (Å²) in [4.78, 5) is 0. The number of fused-ring (bicyclic) bond motifs is 1. The van der Waals surface area contributed by atoms with Gasteiger partial charge in [-0.15, -0.1) is 0 Å². The maximum atomic E-state index is 5.47. The standard InChI is InChI=1S/C13H17NO3/c1-9-4-12-13(17-8-16-12)6-10(9)5-11-7-15-3-2-14-11/h4,6,11,14H,2-3,5,7-8H2,1H3. The summed E-state index contributed by atoms with van der Waals surface area (Å²) < 4.78 is 16.2. The van der Waals surface area contributed by atoms with E-state index in [2.05, 4.69) is 24.4 Å². The molecule has 4 heteroatoms. The fraction of sp³-hybridized carbons (Fsp3) is 0.538. The monoisotopic (exact) mass is 235 g/mol. The van der Waals surface area contributed by atoms with Crippen molar-refractivity contribution in [3.05, 3.63) is 23.3 Å². The zero-order valence-corrected chi connectivity index (χ0v) is 9.99. The highest BCUT2D eigenvalue weighted by molar-refractivity contribution is 5.48. The molecular weight excluding hydrogens is 218 g/mol. The van der Waals surface area contributed by atoms with Gasteiger partial charge in [0.2, 0.25) is 6.79 Å². The number of nitrogens with one attached hydrogen (secondary N) is 1. The summed E-state index contributed by atoms with van der Waals surface area (Å²) in [5, 5.41) is 3.47. The van der Waals surface area contributed by atoms with Crippen molar-refractivity contribution in [2.75, 3.05) is 26.6 Å². The first-order chi connectivity index (χ1) is 8.33. The van der Waals surface area contributed by atoms with Crippen LogP contribution in [0.15, 0.2) is 12.1 Å². The second kappa shape index (κ2) is 4.55. The average molecular weight is 235 g/mol. The summed E-state index contributed by atoms with van der Waals surface area (Å²) in [5.41, 5.74) is 2.55. The number of hydrogen-bond donors (Lipinski definition) is 1. The highest BCUT2D eigenvalue weighted by atomic mass is 16.7. The lowest BCUT2D eigenvalue weighted by molar-refractivity contribution is 0.0769. The van der Waals surface area contributed by atoms with Crippen molar-refractivity contribution in [1.29, 1.82) is 0 Å². The smallest absolute Gasteiger partial charge is 0.231 e. The van der Waals surface area contributed by atoms with Gasteiger partial charge in [0.1, 0.15) is 0 Å². The third-order valence-electron chi connectivity index (χ3n) is 3.30. The van der Waals surface area contributed by atoms with E-state index in [9.17, 15) is 0 Å². The number of aryl methyl sites for hydroxylation is 1. The predicted octanol–water partition coefficient (Wildman–Crippen LogP) is 1.25. The molecule has 3 rings (SSSR count). The summed E-state index contributed by atoms with van der Waals surface area (Å²) in [6.07, 6.45) is 0.975. The molecule has 1 aromatic carbocycles. The first kappa shape index (κ1) is 10.9. The zero-order valence-electron chi connectivity index (χ0n) is 9.99. The Morgan fingerprint density at radius 2 is 2.12 bits per heavy atom. The van der Waals surface area contributed by atoms with Crippen LogP contribution < -0.4 is 14.8 Å². The van der Waals surface area contributed by atoms with Gasteiger partial charge in [-0.1, -0.05) is 0 Å². The SMILES string of the molecule is Cc1cc2c(cc1CC1COCCN1)OCO2. The van der Waals surface area contributed by atoms with Crippen LogP contribution in [-0.4, -0.2) is 32.6 Å². The molecule has 0 saturated carbocycles. The minimum Gasteiger partial charge on any atom is -0.454 e. The molecule has 0 radical (unpaired) electrons. The largest absolute Gasteiger partial charge is 0.454 e. The van der Waals surface area contributed by atoms with Crippen LogP contribution in [0.1, 0.15) is 11.1 Å². The van der Waals surface area contributed by atoms with Crippen LogP contribution in [0.2, 0.25) is 0 Å². The Morgan fingerprint density at radius 3 is 2.88 bits per heavy atom. The zero-order chi connectivity index (χ0) is 11.7. The topological polar surface area (TPSA) is 39.7 Å². The second-order valence-electron chi connectivity index (χ2n) is 4.56. The predicted molar refractivity (Wildman–Crippen MR) is 63.6 cm³/mol. The van der Waals surface area contributed by atoms with Crippen LogP contribution in [0.25, 0.3) is 0 Å². The van der Waals surface area contributed by atoms with E-state index in [1.54, 1.807) is 0 Å². The third-order valence-corrected chi connectivity index (χ3v) is 3.30. The average Bonchev–Trinajstić information content (AvgIpc) is 2.78. The number of ether oxygens (including phenoxy) is 3. The Hall–Kier alpha value is -1.26. The molecule has 92 valence electrons. The number of benzene rings is 1. The molecule has 0 amide bonds. The minimum atomic E-state index is 0.336. The Labute approximate surface area is 101 Å². The molecule has 0 aliphatic carbocycles. The summed E-state index contributed by atoms with van der Waals surface area (Å²) in [6, 6.07) is 4.55. The molecule has 0 aromatic heterocycles. The van der Waals surface area contributed by atoms with Gasteiger partial charge in [0.05, 0.1) is 13.2 Å². The highest BCUT2D eigenvalue weighted by Gasteiger charge is 2.19. The van der Waals surface area contributed by atoms with E-state index in [0.717, 1.165) is 37.7 Å². The van der Waals surface area contributed by atoms with Gasteiger partial charge in [0, 0.05) is 12.6 Å². The van der Waals surface area contributed by atoms with E-state index in [4.69, 9.17) is 14.2 Å². The van der Waals surface area contributed by atoms with Gasteiger partial charge >= 0.3 is 0 Å². The van der Waals surface area contributed by atoms with Crippen molar-refractivity contribution in [1.82, 2.24) is 5.32 Å². The lowest BCUT2D eigenvalue weighted by Crippen LogP contribution is -2.42. The Kier molecular flexibility index (Phi) is 2.91. The quantitative estimate of drug-likeness (QED) is 0.837. The van der Waals surface area contributed by atoms with Gasteiger partial charge < -0.3 is 19.5 Å². The van der Waals surface area contributed by atoms with Crippen LogP contribution in [0.4, 0.5) is 0 Å². The van der Waals surface area contributed by atoms with Gasteiger partial charge in [-0.05, 0) is 36.6 Å². The fourth-order valence-electron chi connectivity index (χ4n) is 2.32. The first-order valence-corrected chi connectivity index (χ1v) is 6.03. The first-order valence-electron chi connectivity index (χ1n) is 6.03. The Bertz CT molecular complexity index is 413. The summed E-state index contributed by atoms with van der Waals surface area (Å²) in [7, 11) is 0. The Balaban J connectivity index is 1.78. The lowest BCUT2D eigenvalue weighted by atomic mass is 10.00. The van der Waals surface area contributed by atoms with Crippen molar-refractivity contribution in [3.63, 3.8) is 0 Å². The number of hydrogen-bond acceptors (Lipinski definition) is 4. The van der Waals surface area contributed by atoms with E-state index >= 15 is 0 Å². The van der Waals surface area contributed by atoms with Crippen LogP contribution >= 0.6 is 0 Å². The van der Waals surface area contributed by atoms with Gasteiger partial charge in [0.15, 0.2) is 11.5 Å². The van der Waals surface area contributed by atoms with Crippen LogP contribution in [0, 0.1) is 6.92 Å². The molecular formula is C13H17NO3. The molecule has 1 fully saturated rings. The highest BCUT2D eigenvalue weighted by Crippen LogP contribution is 2.34. The van der Waals surface area contributed by atoms with Gasteiger partial charge in [-0.25, -0.2) is 0 Å². The van der Waals surface area contributed by atoms with E-state index < -0.39 is 0 Å². The van der Waals surface area contributed by atoms with Crippen molar-refractivity contribution in [2.45, 2.75) is 19.4 Å². The molecule has 1 saturated heterocycles. The molecule has 0 bridgehead atoms. The number of morpholine rings is 1. The van der Waals surface area contributed by atoms with Crippen LogP contribution in [0.3, 0.4) is 0 Å². The molecule has 1 N–H and O–H groups in total. The molecule has 2 heterocycles. The lowest BCUT2D eigenvalue weighted by Gasteiger charge is -2.24. The van der Waals surface area contributed by atoms with Crippen molar-refractivity contribution < 1.29 is 14.2 Å². The molecule has 1 atom stereocenters. The van der Waals surface area contributed by atoms with E-state index in [0.29, 0.717) is 12.8 Å². The summed E-state index contributed by atoms with van der Waals surface area (Å²) >= 11 is 0. The third kappa shape index (κ3) is 2.23. The van der Waals surface area contributed by atoms with Crippen molar-refractivity contribution in [3.8, 4) is 11.5 Å². The van der Waals surface area contributed by atoms with Gasteiger partial charge in [-0.2, -0.15) is 0 Å². The van der Waals surface area contributed by atoms with Crippen molar-refractivity contribution in [2.24, 2.45) is 0 Å². The minimum absolute atomic E-state index is 0.336. The van der Waals surface area contributed by atoms with Gasteiger partial charge in [-0.3, -0.25) is 0 Å². The molecule has 1 aromatic rings.